The predicted molar refractivity (Wildman–Crippen MR) is 121 cm³/mol. The highest BCUT2D eigenvalue weighted by Gasteiger charge is 2.16. The van der Waals surface area contributed by atoms with E-state index in [4.69, 9.17) is 0 Å². The first-order valence-electron chi connectivity index (χ1n) is 10.5. The lowest BCUT2D eigenvalue weighted by atomic mass is 9.99. The van der Waals surface area contributed by atoms with Crippen molar-refractivity contribution in [1.29, 1.82) is 0 Å². The van der Waals surface area contributed by atoms with Crippen LogP contribution >= 0.6 is 0 Å². The van der Waals surface area contributed by atoms with Crippen molar-refractivity contribution in [2.75, 3.05) is 5.32 Å². The molecule has 0 spiro atoms. The molecule has 0 bridgehead atoms. The number of urea groups is 1. The van der Waals surface area contributed by atoms with Crippen LogP contribution in [0.3, 0.4) is 0 Å². The Balaban J connectivity index is 1.62. The molecule has 0 radical (unpaired) electrons. The smallest absolute Gasteiger partial charge is 0.319 e. The van der Waals surface area contributed by atoms with Crippen LogP contribution in [0.5, 0.6) is 0 Å². The van der Waals surface area contributed by atoms with Crippen LogP contribution in [0, 0.1) is 0 Å². The van der Waals surface area contributed by atoms with Crippen molar-refractivity contribution in [2.45, 2.75) is 45.1 Å². The van der Waals surface area contributed by atoms with Gasteiger partial charge in [-0.3, -0.25) is 0 Å². The van der Waals surface area contributed by atoms with Gasteiger partial charge in [-0.1, -0.05) is 99.0 Å². The number of hydrogen-bond acceptors (Lipinski definition) is 1. The predicted octanol–water partition coefficient (Wildman–Crippen LogP) is 6.72. The van der Waals surface area contributed by atoms with Crippen molar-refractivity contribution >= 4 is 11.7 Å². The molecule has 0 fully saturated rings. The molecule has 0 aliphatic carbocycles. The highest BCUT2D eigenvalue weighted by atomic mass is 16.2. The molecule has 3 heteroatoms. The molecule has 0 heterocycles. The van der Waals surface area contributed by atoms with Crippen LogP contribution in [0.25, 0.3) is 0 Å². The number of aryl methyl sites for hydroxylation is 1. The van der Waals surface area contributed by atoms with Gasteiger partial charge in [0.1, 0.15) is 0 Å². The monoisotopic (exact) mass is 386 g/mol. The van der Waals surface area contributed by atoms with Gasteiger partial charge in [0.15, 0.2) is 0 Å². The normalized spacial score (nSPS) is 10.7. The maximum atomic E-state index is 12.7. The molecule has 0 aromatic heterocycles. The molecule has 2 N–H and O–H groups in total. The second-order valence-corrected chi connectivity index (χ2v) is 7.36. The van der Waals surface area contributed by atoms with Crippen LogP contribution in [-0.2, 0) is 6.42 Å². The first-order chi connectivity index (χ1) is 14.3. The van der Waals surface area contributed by atoms with Crippen molar-refractivity contribution in [1.82, 2.24) is 5.32 Å². The van der Waals surface area contributed by atoms with Crippen molar-refractivity contribution in [3.63, 3.8) is 0 Å². The fourth-order valence-corrected chi connectivity index (χ4v) is 3.46. The minimum absolute atomic E-state index is 0.199. The maximum absolute atomic E-state index is 12.7. The molecule has 3 rings (SSSR count). The molecule has 0 atom stereocenters. The highest BCUT2D eigenvalue weighted by molar-refractivity contribution is 5.89. The summed E-state index contributed by atoms with van der Waals surface area (Å²) in [6, 6.07) is 27.8. The molecule has 3 nitrogen and oxygen atoms in total. The third-order valence-corrected chi connectivity index (χ3v) is 5.07. The van der Waals surface area contributed by atoms with E-state index in [1.165, 1.54) is 31.2 Å². The molecule has 3 aromatic rings. The SMILES string of the molecule is CCCCCCc1ccc(NC(=O)NC(c2ccccc2)c2ccccc2)cc1. The summed E-state index contributed by atoms with van der Waals surface area (Å²) in [6.45, 7) is 2.23. The summed E-state index contributed by atoms with van der Waals surface area (Å²) in [7, 11) is 0. The number of amides is 2. The Labute approximate surface area is 174 Å². The third kappa shape index (κ3) is 6.49. The number of nitrogens with one attached hydrogen (secondary N) is 2. The lowest BCUT2D eigenvalue weighted by Gasteiger charge is -2.20. The van der Waals surface area contributed by atoms with Crippen LogP contribution in [0.2, 0.25) is 0 Å². The van der Waals surface area contributed by atoms with Gasteiger partial charge in [0.05, 0.1) is 6.04 Å². The Kier molecular flexibility index (Phi) is 7.88. The number of anilines is 1. The van der Waals surface area contributed by atoms with Gasteiger partial charge in [0.25, 0.3) is 0 Å². The standard InChI is InChI=1S/C26H30N2O/c1-2-3-4-7-12-21-17-19-24(20-18-21)27-26(29)28-25(22-13-8-5-9-14-22)23-15-10-6-11-16-23/h5-6,8-11,13-20,25H,2-4,7,12H2,1H3,(H2,27,28,29). The van der Waals surface area contributed by atoms with Crippen molar-refractivity contribution in [2.24, 2.45) is 0 Å². The minimum atomic E-state index is -0.210. The van der Waals surface area contributed by atoms with E-state index in [1.54, 1.807) is 0 Å². The number of benzene rings is 3. The Morgan fingerprint density at radius 2 is 1.34 bits per heavy atom. The van der Waals surface area contributed by atoms with Gasteiger partial charge in [0.2, 0.25) is 0 Å². The lowest BCUT2D eigenvalue weighted by molar-refractivity contribution is 0.250. The van der Waals surface area contributed by atoms with E-state index in [-0.39, 0.29) is 12.1 Å². The van der Waals surface area contributed by atoms with Gasteiger partial charge < -0.3 is 10.6 Å². The molecular weight excluding hydrogens is 356 g/mol. The van der Waals surface area contributed by atoms with Crippen LogP contribution in [0.1, 0.15) is 55.3 Å². The first kappa shape index (κ1) is 20.7. The molecule has 0 unspecified atom stereocenters. The van der Waals surface area contributed by atoms with E-state index in [0.717, 1.165) is 23.2 Å². The van der Waals surface area contributed by atoms with Crippen LogP contribution in [0.15, 0.2) is 84.9 Å². The van der Waals surface area contributed by atoms with Crippen LogP contribution in [-0.4, -0.2) is 6.03 Å². The van der Waals surface area contributed by atoms with Crippen LogP contribution < -0.4 is 10.6 Å². The third-order valence-electron chi connectivity index (χ3n) is 5.07. The lowest BCUT2D eigenvalue weighted by Crippen LogP contribution is -2.33. The summed E-state index contributed by atoms with van der Waals surface area (Å²) < 4.78 is 0. The minimum Gasteiger partial charge on any atom is -0.327 e. The van der Waals surface area contributed by atoms with Crippen molar-refractivity contribution in [3.05, 3.63) is 102 Å². The Morgan fingerprint density at radius 3 is 1.90 bits per heavy atom. The molecule has 0 aliphatic rings. The second kappa shape index (κ2) is 11.1. The van der Waals surface area contributed by atoms with E-state index >= 15 is 0 Å². The average Bonchev–Trinajstić information content (AvgIpc) is 2.77. The van der Waals surface area contributed by atoms with E-state index < -0.39 is 0 Å². The topological polar surface area (TPSA) is 41.1 Å². The Bertz CT molecular complexity index is 821. The van der Waals surface area contributed by atoms with Gasteiger partial charge in [-0.2, -0.15) is 0 Å². The quantitative estimate of drug-likeness (QED) is 0.394. The molecular formula is C26H30N2O. The summed E-state index contributed by atoms with van der Waals surface area (Å²) >= 11 is 0. The molecule has 150 valence electrons. The van der Waals surface area contributed by atoms with Gasteiger partial charge in [-0.05, 0) is 41.7 Å². The summed E-state index contributed by atoms with van der Waals surface area (Å²) in [6.07, 6.45) is 6.14. The number of unbranched alkanes of at least 4 members (excludes halogenated alkanes) is 3. The van der Waals surface area contributed by atoms with E-state index in [1.807, 2.05) is 72.8 Å². The van der Waals surface area contributed by atoms with Gasteiger partial charge in [-0.25, -0.2) is 4.79 Å². The zero-order valence-electron chi connectivity index (χ0n) is 17.1. The van der Waals surface area contributed by atoms with E-state index in [0.29, 0.717) is 0 Å². The van der Waals surface area contributed by atoms with Crippen molar-refractivity contribution < 1.29 is 4.79 Å². The molecule has 0 saturated heterocycles. The number of carbonyl (C=O) groups is 1. The zero-order chi connectivity index (χ0) is 20.3. The first-order valence-corrected chi connectivity index (χ1v) is 10.5. The Hall–Kier alpha value is -3.07. The Morgan fingerprint density at radius 1 is 0.759 bits per heavy atom. The number of carbonyl (C=O) groups excluding carboxylic acids is 1. The number of hydrogen-bond donors (Lipinski definition) is 2. The van der Waals surface area contributed by atoms with Crippen molar-refractivity contribution in [3.8, 4) is 0 Å². The molecule has 0 saturated carbocycles. The summed E-state index contributed by atoms with van der Waals surface area (Å²) in [4.78, 5) is 12.7. The van der Waals surface area contributed by atoms with Crippen LogP contribution in [0.4, 0.5) is 10.5 Å². The molecule has 0 aliphatic heterocycles. The summed E-state index contributed by atoms with van der Waals surface area (Å²) in [5.74, 6) is 0. The summed E-state index contributed by atoms with van der Waals surface area (Å²) in [5.41, 5.74) is 4.23. The summed E-state index contributed by atoms with van der Waals surface area (Å²) in [5, 5.41) is 6.08. The fourth-order valence-electron chi connectivity index (χ4n) is 3.46. The molecule has 29 heavy (non-hydrogen) atoms. The average molecular weight is 387 g/mol. The van der Waals surface area contributed by atoms with Gasteiger partial charge in [-0.15, -0.1) is 0 Å². The van der Waals surface area contributed by atoms with E-state index in [9.17, 15) is 4.79 Å². The highest BCUT2D eigenvalue weighted by Crippen LogP contribution is 2.22. The molecule has 3 aromatic carbocycles. The largest absolute Gasteiger partial charge is 0.327 e. The van der Waals surface area contributed by atoms with Gasteiger partial charge >= 0.3 is 6.03 Å². The fraction of sp³-hybridized carbons (Fsp3) is 0.269. The maximum Gasteiger partial charge on any atom is 0.319 e. The van der Waals surface area contributed by atoms with Gasteiger partial charge in [0, 0.05) is 5.69 Å². The number of rotatable bonds is 9. The van der Waals surface area contributed by atoms with E-state index in [2.05, 4.69) is 29.7 Å². The zero-order valence-corrected chi connectivity index (χ0v) is 17.1. The second-order valence-electron chi connectivity index (χ2n) is 7.36. The molecule has 2 amide bonds.